The van der Waals surface area contributed by atoms with Crippen LogP contribution in [0, 0.1) is 0 Å². The van der Waals surface area contributed by atoms with Crippen molar-refractivity contribution in [3.8, 4) is 17.2 Å². The number of amides is 1. The molecule has 1 amide bonds. The van der Waals surface area contributed by atoms with Gasteiger partial charge in [-0.1, -0.05) is 12.1 Å². The summed E-state index contributed by atoms with van der Waals surface area (Å²) in [6.45, 7) is 1.58. The van der Waals surface area contributed by atoms with Crippen molar-refractivity contribution in [3.63, 3.8) is 0 Å². The van der Waals surface area contributed by atoms with Gasteiger partial charge in [-0.05, 0) is 73.9 Å². The van der Waals surface area contributed by atoms with E-state index in [1.165, 1.54) is 39.5 Å². The monoisotopic (exact) mass is 568 g/mol. The van der Waals surface area contributed by atoms with E-state index in [0.29, 0.717) is 36.6 Å². The van der Waals surface area contributed by atoms with E-state index in [-0.39, 0.29) is 22.3 Å². The number of methoxy groups -OCH3 is 3. The number of benzene rings is 3. The topological polar surface area (TPSA) is 120 Å². The van der Waals surface area contributed by atoms with E-state index in [4.69, 9.17) is 18.9 Å². The lowest BCUT2D eigenvalue weighted by Gasteiger charge is -2.25. The maximum Gasteiger partial charge on any atom is 0.316 e. The van der Waals surface area contributed by atoms with Gasteiger partial charge in [0.1, 0.15) is 12.3 Å². The summed E-state index contributed by atoms with van der Waals surface area (Å²) in [7, 11) is 0.158. The molecule has 40 heavy (non-hydrogen) atoms. The Kier molecular flexibility index (Phi) is 8.53. The Morgan fingerprint density at radius 3 is 2.08 bits per heavy atom. The molecule has 0 aliphatic heterocycles. The van der Waals surface area contributed by atoms with Crippen LogP contribution in [0.1, 0.15) is 25.3 Å². The summed E-state index contributed by atoms with van der Waals surface area (Å²) in [5, 5.41) is 2.75. The van der Waals surface area contributed by atoms with Gasteiger partial charge in [0.2, 0.25) is 5.91 Å². The Bertz CT molecular complexity index is 1470. The highest BCUT2D eigenvalue weighted by molar-refractivity contribution is 7.92. The number of rotatable bonds is 12. The molecule has 0 atom stereocenters. The van der Waals surface area contributed by atoms with Gasteiger partial charge < -0.3 is 24.3 Å². The molecule has 0 saturated heterocycles. The fourth-order valence-electron chi connectivity index (χ4n) is 4.38. The highest BCUT2D eigenvalue weighted by Gasteiger charge is 2.52. The smallest absolute Gasteiger partial charge is 0.316 e. The third-order valence-corrected chi connectivity index (χ3v) is 8.50. The Labute approximate surface area is 233 Å². The fraction of sp³-hybridized carbons (Fsp3) is 0.310. The summed E-state index contributed by atoms with van der Waals surface area (Å²) >= 11 is 0. The van der Waals surface area contributed by atoms with Crippen LogP contribution in [0.3, 0.4) is 0 Å². The highest BCUT2D eigenvalue weighted by atomic mass is 32.2. The van der Waals surface area contributed by atoms with E-state index in [2.05, 4.69) is 5.32 Å². The van der Waals surface area contributed by atoms with Gasteiger partial charge in [-0.2, -0.15) is 0 Å². The molecule has 4 rings (SSSR count). The minimum atomic E-state index is -4.21. The Morgan fingerprint density at radius 1 is 0.875 bits per heavy atom. The quantitative estimate of drug-likeness (QED) is 0.324. The summed E-state index contributed by atoms with van der Waals surface area (Å²) in [5.74, 6) is 0.336. The number of ether oxygens (including phenoxy) is 4. The number of carbonyl (C=O) groups excluding carboxylic acids is 2. The Morgan fingerprint density at radius 2 is 1.52 bits per heavy atom. The van der Waals surface area contributed by atoms with Gasteiger partial charge in [0.05, 0.1) is 43.9 Å². The molecule has 212 valence electrons. The van der Waals surface area contributed by atoms with E-state index in [0.717, 1.165) is 9.87 Å². The van der Waals surface area contributed by atoms with Crippen LogP contribution < -0.4 is 23.8 Å². The van der Waals surface area contributed by atoms with Crippen LogP contribution in [0.25, 0.3) is 0 Å². The molecule has 0 aromatic heterocycles. The molecule has 0 bridgehead atoms. The molecule has 0 heterocycles. The molecular formula is C29H32N2O8S. The zero-order valence-corrected chi connectivity index (χ0v) is 23.6. The summed E-state index contributed by atoms with van der Waals surface area (Å²) in [4.78, 5) is 25.5. The first kappa shape index (κ1) is 28.8. The van der Waals surface area contributed by atoms with E-state index in [1.54, 1.807) is 55.5 Å². The molecule has 1 N–H and O–H groups in total. The average Bonchev–Trinajstić information content (AvgIpc) is 3.78. The van der Waals surface area contributed by atoms with Gasteiger partial charge >= 0.3 is 5.97 Å². The van der Waals surface area contributed by atoms with Crippen LogP contribution in [0.4, 0.5) is 11.4 Å². The number of carbonyl (C=O) groups is 2. The SMILES string of the molecule is CCOC(=O)C1(c2ccc(NC(=O)CN(c3ccc(OC)cc3)S(=O)(=O)c3ccc(OC)c(OC)c3)cc2)CC1. The molecule has 0 spiro atoms. The fourth-order valence-corrected chi connectivity index (χ4v) is 5.81. The Hall–Kier alpha value is -4.25. The summed E-state index contributed by atoms with van der Waals surface area (Å²) in [6.07, 6.45) is 1.42. The summed E-state index contributed by atoms with van der Waals surface area (Å²) in [5.41, 5.74) is 0.926. The van der Waals surface area contributed by atoms with Crippen LogP contribution in [0.2, 0.25) is 0 Å². The van der Waals surface area contributed by atoms with Crippen LogP contribution in [0.5, 0.6) is 17.2 Å². The number of nitrogens with zero attached hydrogens (tertiary/aromatic N) is 1. The summed E-state index contributed by atoms with van der Waals surface area (Å²) in [6, 6.07) is 17.5. The molecule has 1 saturated carbocycles. The average molecular weight is 569 g/mol. The third-order valence-electron chi connectivity index (χ3n) is 6.73. The molecule has 1 fully saturated rings. The van der Waals surface area contributed by atoms with Crippen molar-refractivity contribution in [3.05, 3.63) is 72.3 Å². The van der Waals surface area contributed by atoms with E-state index in [1.807, 2.05) is 0 Å². The van der Waals surface area contributed by atoms with Crippen LogP contribution >= 0.6 is 0 Å². The number of esters is 1. The van der Waals surface area contributed by atoms with Gasteiger partial charge in [-0.25, -0.2) is 8.42 Å². The predicted molar refractivity (Wildman–Crippen MR) is 150 cm³/mol. The first-order valence-corrected chi connectivity index (χ1v) is 14.1. The molecule has 1 aliphatic rings. The van der Waals surface area contributed by atoms with Crippen LogP contribution in [-0.4, -0.2) is 54.8 Å². The van der Waals surface area contributed by atoms with Gasteiger partial charge in [0.25, 0.3) is 10.0 Å². The van der Waals surface area contributed by atoms with Crippen molar-refractivity contribution in [1.82, 2.24) is 0 Å². The highest BCUT2D eigenvalue weighted by Crippen LogP contribution is 2.49. The van der Waals surface area contributed by atoms with E-state index < -0.39 is 27.9 Å². The van der Waals surface area contributed by atoms with Gasteiger partial charge in [0, 0.05) is 11.8 Å². The molecule has 11 heteroatoms. The predicted octanol–water partition coefficient (Wildman–Crippen LogP) is 4.14. The maximum atomic E-state index is 13.8. The normalized spacial score (nSPS) is 13.6. The lowest BCUT2D eigenvalue weighted by molar-refractivity contribution is -0.146. The molecule has 3 aromatic carbocycles. The standard InChI is InChI=1S/C29H32N2O8S/c1-5-39-28(33)29(16-17-29)20-6-8-21(9-7-20)30-27(32)19-31(22-10-12-23(36-2)13-11-22)40(34,35)24-14-15-25(37-3)26(18-24)38-4/h6-15,18H,5,16-17,19H2,1-4H3,(H,30,32). The zero-order valence-electron chi connectivity index (χ0n) is 22.8. The minimum absolute atomic E-state index is 0.0770. The Balaban J connectivity index is 1.58. The molecule has 3 aromatic rings. The molecule has 10 nitrogen and oxygen atoms in total. The largest absolute Gasteiger partial charge is 0.497 e. The van der Waals surface area contributed by atoms with Crippen LogP contribution in [-0.2, 0) is 29.8 Å². The van der Waals surface area contributed by atoms with Crippen molar-refractivity contribution in [1.29, 1.82) is 0 Å². The maximum absolute atomic E-state index is 13.8. The molecule has 1 aliphatic carbocycles. The first-order valence-electron chi connectivity index (χ1n) is 12.6. The van der Waals surface area contributed by atoms with Crippen molar-refractivity contribution in [2.75, 3.05) is 44.1 Å². The van der Waals surface area contributed by atoms with Crippen molar-refractivity contribution in [2.24, 2.45) is 0 Å². The molecule has 0 unspecified atom stereocenters. The third kappa shape index (κ3) is 5.84. The van der Waals surface area contributed by atoms with Crippen LogP contribution in [0.15, 0.2) is 71.6 Å². The summed E-state index contributed by atoms with van der Waals surface area (Å²) < 4.78 is 49.5. The second-order valence-corrected chi connectivity index (χ2v) is 11.0. The lowest BCUT2D eigenvalue weighted by Crippen LogP contribution is -2.38. The number of hydrogen-bond acceptors (Lipinski definition) is 8. The van der Waals surface area contributed by atoms with E-state index >= 15 is 0 Å². The van der Waals surface area contributed by atoms with Gasteiger partial charge in [-0.15, -0.1) is 0 Å². The van der Waals surface area contributed by atoms with Crippen molar-refractivity contribution < 1.29 is 37.0 Å². The number of anilines is 2. The first-order chi connectivity index (χ1) is 19.2. The minimum Gasteiger partial charge on any atom is -0.497 e. The second kappa shape index (κ2) is 11.9. The number of hydrogen-bond donors (Lipinski definition) is 1. The van der Waals surface area contributed by atoms with Gasteiger partial charge in [-0.3, -0.25) is 13.9 Å². The lowest BCUT2D eigenvalue weighted by atomic mass is 9.96. The second-order valence-electron chi connectivity index (χ2n) is 9.15. The number of sulfonamides is 1. The molecular weight excluding hydrogens is 536 g/mol. The number of nitrogens with one attached hydrogen (secondary N) is 1. The van der Waals surface area contributed by atoms with E-state index in [9.17, 15) is 18.0 Å². The zero-order chi connectivity index (χ0) is 28.9. The van der Waals surface area contributed by atoms with Crippen molar-refractivity contribution >= 4 is 33.3 Å². The van der Waals surface area contributed by atoms with Crippen molar-refractivity contribution in [2.45, 2.75) is 30.1 Å². The van der Waals surface area contributed by atoms with Gasteiger partial charge in [0.15, 0.2) is 11.5 Å². The molecule has 0 radical (unpaired) electrons.